The van der Waals surface area contributed by atoms with Crippen LogP contribution in [0.25, 0.3) is 0 Å². The van der Waals surface area contributed by atoms with Gasteiger partial charge in [0.2, 0.25) is 0 Å². The lowest BCUT2D eigenvalue weighted by Crippen LogP contribution is -2.23. The first-order chi connectivity index (χ1) is 11.1. The standard InChI is InChI=1S/C21H27NO/c1-6-19(16(2)3)22(20-13-9-7-11-17(20)4)15-18-12-8-10-14-21(18)23-5/h7-14H,6,15H2,1-5H3. The van der Waals surface area contributed by atoms with Crippen molar-refractivity contribution in [1.82, 2.24) is 0 Å². The predicted molar refractivity (Wildman–Crippen MR) is 99.0 cm³/mol. The van der Waals surface area contributed by atoms with Crippen LogP contribution >= 0.6 is 0 Å². The summed E-state index contributed by atoms with van der Waals surface area (Å²) in [7, 11) is 1.73. The Labute approximate surface area is 140 Å². The average Bonchev–Trinajstić information content (AvgIpc) is 2.55. The van der Waals surface area contributed by atoms with E-state index in [1.807, 2.05) is 12.1 Å². The fraction of sp³-hybridized carbons (Fsp3) is 0.333. The lowest BCUT2D eigenvalue weighted by atomic mass is 10.1. The van der Waals surface area contributed by atoms with E-state index in [1.165, 1.54) is 28.1 Å². The highest BCUT2D eigenvalue weighted by molar-refractivity contribution is 5.59. The van der Waals surface area contributed by atoms with Gasteiger partial charge < -0.3 is 9.64 Å². The summed E-state index contributed by atoms with van der Waals surface area (Å²) in [6.45, 7) is 9.57. The lowest BCUT2D eigenvalue weighted by molar-refractivity contribution is 0.409. The highest BCUT2D eigenvalue weighted by Gasteiger charge is 2.16. The number of hydrogen-bond donors (Lipinski definition) is 0. The van der Waals surface area contributed by atoms with Gasteiger partial charge in [-0.15, -0.1) is 0 Å². The molecule has 0 spiro atoms. The van der Waals surface area contributed by atoms with Crippen molar-refractivity contribution in [2.45, 2.75) is 40.7 Å². The Morgan fingerprint density at radius 2 is 1.65 bits per heavy atom. The number of hydrogen-bond acceptors (Lipinski definition) is 2. The number of para-hydroxylation sites is 2. The molecule has 0 saturated heterocycles. The van der Waals surface area contributed by atoms with Crippen LogP contribution in [-0.2, 0) is 6.54 Å². The molecular weight excluding hydrogens is 282 g/mol. The van der Waals surface area contributed by atoms with E-state index >= 15 is 0 Å². The van der Waals surface area contributed by atoms with Crippen molar-refractivity contribution in [1.29, 1.82) is 0 Å². The average molecular weight is 309 g/mol. The number of nitrogens with zero attached hydrogens (tertiary/aromatic N) is 1. The van der Waals surface area contributed by atoms with Gasteiger partial charge in [-0.1, -0.05) is 48.9 Å². The van der Waals surface area contributed by atoms with Crippen molar-refractivity contribution in [3.8, 4) is 5.75 Å². The monoisotopic (exact) mass is 309 g/mol. The normalized spacial score (nSPS) is 10.3. The van der Waals surface area contributed by atoms with Crippen LogP contribution in [0.4, 0.5) is 5.69 Å². The largest absolute Gasteiger partial charge is 0.496 e. The number of methoxy groups -OCH3 is 1. The molecule has 0 unspecified atom stereocenters. The summed E-state index contributed by atoms with van der Waals surface area (Å²) in [5.74, 6) is 0.940. The molecule has 0 aliphatic rings. The maximum Gasteiger partial charge on any atom is 0.123 e. The Kier molecular flexibility index (Phi) is 5.86. The molecule has 0 aliphatic carbocycles. The zero-order chi connectivity index (χ0) is 16.8. The van der Waals surface area contributed by atoms with Crippen molar-refractivity contribution in [2.24, 2.45) is 0 Å². The van der Waals surface area contributed by atoms with E-state index in [2.05, 4.69) is 69.0 Å². The van der Waals surface area contributed by atoms with Gasteiger partial charge in [0.25, 0.3) is 0 Å². The van der Waals surface area contributed by atoms with Crippen LogP contribution in [0, 0.1) is 6.92 Å². The van der Waals surface area contributed by atoms with Gasteiger partial charge in [-0.05, 0) is 44.9 Å². The molecule has 0 aromatic heterocycles. The summed E-state index contributed by atoms with van der Waals surface area (Å²) in [5, 5.41) is 0. The third kappa shape index (κ3) is 3.95. The molecule has 2 heteroatoms. The molecule has 0 radical (unpaired) electrons. The van der Waals surface area contributed by atoms with Crippen LogP contribution in [0.5, 0.6) is 5.75 Å². The van der Waals surface area contributed by atoms with Crippen LogP contribution < -0.4 is 9.64 Å². The summed E-state index contributed by atoms with van der Waals surface area (Å²) in [4.78, 5) is 2.42. The smallest absolute Gasteiger partial charge is 0.123 e. The van der Waals surface area contributed by atoms with E-state index < -0.39 is 0 Å². The maximum atomic E-state index is 5.54. The van der Waals surface area contributed by atoms with Gasteiger partial charge in [0.15, 0.2) is 0 Å². The Balaban J connectivity index is 2.51. The topological polar surface area (TPSA) is 12.5 Å². The Bertz CT molecular complexity index is 684. The van der Waals surface area contributed by atoms with Gasteiger partial charge in [-0.3, -0.25) is 0 Å². The quantitative estimate of drug-likeness (QED) is 0.677. The molecule has 2 aromatic rings. The van der Waals surface area contributed by atoms with Crippen LogP contribution in [-0.4, -0.2) is 7.11 Å². The number of aryl methyl sites for hydroxylation is 1. The van der Waals surface area contributed by atoms with Crippen LogP contribution in [0.15, 0.2) is 59.8 Å². The Hall–Kier alpha value is -2.22. The minimum absolute atomic E-state index is 0.809. The molecule has 2 nitrogen and oxygen atoms in total. The molecule has 0 atom stereocenters. The van der Waals surface area contributed by atoms with E-state index in [0.717, 1.165) is 18.7 Å². The van der Waals surface area contributed by atoms with E-state index in [4.69, 9.17) is 4.74 Å². The molecule has 0 bridgehead atoms. The zero-order valence-electron chi connectivity index (χ0n) is 14.9. The second kappa shape index (κ2) is 7.87. The molecule has 23 heavy (non-hydrogen) atoms. The molecular formula is C21H27NO. The van der Waals surface area contributed by atoms with Gasteiger partial charge in [-0.25, -0.2) is 0 Å². The summed E-state index contributed by atoms with van der Waals surface area (Å²) in [5.41, 5.74) is 6.47. The van der Waals surface area contributed by atoms with Crippen molar-refractivity contribution in [3.63, 3.8) is 0 Å². The molecule has 0 aliphatic heterocycles. The first-order valence-electron chi connectivity index (χ1n) is 8.19. The van der Waals surface area contributed by atoms with Crippen LogP contribution in [0.2, 0.25) is 0 Å². The Morgan fingerprint density at radius 3 is 2.26 bits per heavy atom. The molecule has 2 rings (SSSR count). The van der Waals surface area contributed by atoms with Gasteiger partial charge in [-0.2, -0.15) is 0 Å². The summed E-state index contributed by atoms with van der Waals surface area (Å²) < 4.78 is 5.54. The molecule has 122 valence electrons. The van der Waals surface area contributed by atoms with Crippen LogP contribution in [0.1, 0.15) is 38.3 Å². The van der Waals surface area contributed by atoms with Crippen molar-refractivity contribution in [3.05, 3.63) is 70.9 Å². The summed E-state index contributed by atoms with van der Waals surface area (Å²) in [6, 6.07) is 16.8. The van der Waals surface area contributed by atoms with E-state index in [0.29, 0.717) is 0 Å². The summed E-state index contributed by atoms with van der Waals surface area (Å²) >= 11 is 0. The predicted octanol–water partition coefficient (Wildman–Crippen LogP) is 5.71. The molecule has 0 heterocycles. The fourth-order valence-corrected chi connectivity index (χ4v) is 3.01. The Morgan fingerprint density at radius 1 is 1.00 bits per heavy atom. The van der Waals surface area contributed by atoms with Crippen molar-refractivity contribution < 1.29 is 4.74 Å². The first kappa shape index (κ1) is 17.1. The molecule has 0 saturated carbocycles. The SMILES string of the molecule is CCC(=C(C)C)N(Cc1ccccc1OC)c1ccccc1C. The van der Waals surface area contributed by atoms with Gasteiger partial charge in [0.1, 0.15) is 5.75 Å². The number of rotatable bonds is 6. The van der Waals surface area contributed by atoms with Gasteiger partial charge in [0, 0.05) is 16.9 Å². The third-order valence-electron chi connectivity index (χ3n) is 4.17. The minimum Gasteiger partial charge on any atom is -0.496 e. The second-order valence-electron chi connectivity index (χ2n) is 5.98. The van der Waals surface area contributed by atoms with Gasteiger partial charge >= 0.3 is 0 Å². The van der Waals surface area contributed by atoms with E-state index in [1.54, 1.807) is 7.11 Å². The second-order valence-corrected chi connectivity index (χ2v) is 5.98. The number of ether oxygens (including phenoxy) is 1. The first-order valence-corrected chi connectivity index (χ1v) is 8.19. The molecule has 2 aromatic carbocycles. The molecule has 0 amide bonds. The third-order valence-corrected chi connectivity index (χ3v) is 4.17. The number of anilines is 1. The van der Waals surface area contributed by atoms with Crippen molar-refractivity contribution in [2.75, 3.05) is 12.0 Å². The number of benzene rings is 2. The highest BCUT2D eigenvalue weighted by atomic mass is 16.5. The summed E-state index contributed by atoms with van der Waals surface area (Å²) in [6.07, 6.45) is 1.01. The van der Waals surface area contributed by atoms with Crippen LogP contribution in [0.3, 0.4) is 0 Å². The zero-order valence-corrected chi connectivity index (χ0v) is 14.9. The fourth-order valence-electron chi connectivity index (χ4n) is 3.01. The van der Waals surface area contributed by atoms with Gasteiger partial charge in [0.05, 0.1) is 13.7 Å². The molecule has 0 N–H and O–H groups in total. The van der Waals surface area contributed by atoms with E-state index in [-0.39, 0.29) is 0 Å². The minimum atomic E-state index is 0.809. The maximum absolute atomic E-state index is 5.54. The lowest BCUT2D eigenvalue weighted by Gasteiger charge is -2.30. The van der Waals surface area contributed by atoms with E-state index in [9.17, 15) is 0 Å². The molecule has 0 fully saturated rings. The highest BCUT2D eigenvalue weighted by Crippen LogP contribution is 2.30. The van der Waals surface area contributed by atoms with Crippen molar-refractivity contribution >= 4 is 5.69 Å². The number of allylic oxidation sites excluding steroid dienone is 2.